The van der Waals surface area contributed by atoms with Gasteiger partial charge >= 0.3 is 0 Å². The summed E-state index contributed by atoms with van der Waals surface area (Å²) in [5.74, 6) is 0.304. The number of benzene rings is 1. The highest BCUT2D eigenvalue weighted by Crippen LogP contribution is 2.18. The van der Waals surface area contributed by atoms with E-state index >= 15 is 0 Å². The highest BCUT2D eigenvalue weighted by molar-refractivity contribution is 5.82. The third-order valence-corrected chi connectivity index (χ3v) is 2.99. The summed E-state index contributed by atoms with van der Waals surface area (Å²) in [5, 5.41) is 0. The molecule has 1 heteroatoms. The van der Waals surface area contributed by atoms with Crippen LogP contribution >= 0.6 is 0 Å². The zero-order valence-electron chi connectivity index (χ0n) is 11.5. The summed E-state index contributed by atoms with van der Waals surface area (Å²) in [4.78, 5) is 11.2. The highest BCUT2D eigenvalue weighted by Gasteiger charge is 2.07. The van der Waals surface area contributed by atoms with E-state index in [-0.39, 0.29) is 0 Å². The number of hydrogen-bond acceptors (Lipinski definition) is 1. The van der Waals surface area contributed by atoms with Crippen LogP contribution in [-0.4, -0.2) is 6.29 Å². The van der Waals surface area contributed by atoms with Crippen molar-refractivity contribution in [1.29, 1.82) is 0 Å². The average Bonchev–Trinajstić information content (AvgIpc) is 2.36. The van der Waals surface area contributed by atoms with Gasteiger partial charge in [0.25, 0.3) is 0 Å². The van der Waals surface area contributed by atoms with E-state index in [0.717, 1.165) is 30.3 Å². The molecule has 0 radical (unpaired) electrons. The second-order valence-electron chi connectivity index (χ2n) is 4.93. The topological polar surface area (TPSA) is 17.1 Å². The van der Waals surface area contributed by atoms with Gasteiger partial charge in [-0.15, -0.1) is 0 Å². The largest absolute Gasteiger partial charge is 0.298 e. The second-order valence-corrected chi connectivity index (χ2v) is 4.93. The van der Waals surface area contributed by atoms with Gasteiger partial charge in [-0.3, -0.25) is 4.79 Å². The van der Waals surface area contributed by atoms with Gasteiger partial charge in [-0.05, 0) is 49.8 Å². The second kappa shape index (κ2) is 7.65. The van der Waals surface area contributed by atoms with Crippen LogP contribution in [0.5, 0.6) is 0 Å². The lowest BCUT2D eigenvalue weighted by atomic mass is 9.94. The van der Waals surface area contributed by atoms with Gasteiger partial charge in [-0.1, -0.05) is 48.9 Å². The molecule has 18 heavy (non-hydrogen) atoms. The van der Waals surface area contributed by atoms with Crippen molar-refractivity contribution in [2.45, 2.75) is 33.6 Å². The Balaban J connectivity index is 2.68. The number of hydrogen-bond donors (Lipinski definition) is 0. The van der Waals surface area contributed by atoms with Crippen molar-refractivity contribution in [1.82, 2.24) is 0 Å². The lowest BCUT2D eigenvalue weighted by molar-refractivity contribution is -0.105. The molecular weight excluding hydrogens is 220 g/mol. The highest BCUT2D eigenvalue weighted by atomic mass is 16.1. The minimum Gasteiger partial charge on any atom is -0.298 e. The van der Waals surface area contributed by atoms with E-state index in [2.05, 4.69) is 26.8 Å². The van der Waals surface area contributed by atoms with Crippen LogP contribution < -0.4 is 0 Å². The summed E-state index contributed by atoms with van der Waals surface area (Å²) in [7, 11) is 0. The zero-order chi connectivity index (χ0) is 13.4. The molecule has 1 aromatic carbocycles. The Kier molecular flexibility index (Phi) is 6.13. The van der Waals surface area contributed by atoms with E-state index in [0.29, 0.717) is 5.92 Å². The molecule has 0 saturated carbocycles. The number of aldehydes is 1. The molecule has 0 bridgehead atoms. The van der Waals surface area contributed by atoms with Crippen LogP contribution in [0, 0.1) is 5.92 Å². The Bertz CT molecular complexity index is 422. The maximum atomic E-state index is 11.2. The van der Waals surface area contributed by atoms with Crippen molar-refractivity contribution in [3.63, 3.8) is 0 Å². The molecule has 0 aliphatic carbocycles. The van der Waals surface area contributed by atoms with Crippen LogP contribution in [0.15, 0.2) is 47.6 Å². The summed E-state index contributed by atoms with van der Waals surface area (Å²) in [5.41, 5.74) is 3.30. The molecule has 0 aliphatic rings. The standard InChI is InChI=1S/C17H22O/c1-14(2)8-7-9-15(3)17(13-18)12-16-10-5-4-6-11-16/h4-6,8,10-13,15H,7,9H2,1-3H3. The van der Waals surface area contributed by atoms with E-state index in [1.54, 1.807) is 0 Å². The SMILES string of the molecule is CC(C)=CCCC(C)C(C=O)=Cc1ccccc1. The first-order chi connectivity index (χ1) is 8.63. The predicted octanol–water partition coefficient (Wildman–Crippen LogP) is 4.65. The van der Waals surface area contributed by atoms with E-state index in [1.165, 1.54) is 5.57 Å². The maximum absolute atomic E-state index is 11.2. The van der Waals surface area contributed by atoms with E-state index in [9.17, 15) is 4.79 Å². The maximum Gasteiger partial charge on any atom is 0.146 e. The van der Waals surface area contributed by atoms with Gasteiger partial charge in [0.1, 0.15) is 6.29 Å². The van der Waals surface area contributed by atoms with Gasteiger partial charge in [0.05, 0.1) is 0 Å². The van der Waals surface area contributed by atoms with E-state index in [1.807, 2.05) is 36.4 Å². The van der Waals surface area contributed by atoms with Crippen LogP contribution in [0.3, 0.4) is 0 Å². The number of carbonyl (C=O) groups excluding carboxylic acids is 1. The zero-order valence-corrected chi connectivity index (χ0v) is 11.5. The number of allylic oxidation sites excluding steroid dienone is 3. The molecule has 0 fully saturated rings. The van der Waals surface area contributed by atoms with Gasteiger partial charge < -0.3 is 0 Å². The molecule has 0 aromatic heterocycles. The van der Waals surface area contributed by atoms with Crippen LogP contribution in [0.25, 0.3) is 6.08 Å². The molecule has 1 nitrogen and oxygen atoms in total. The summed E-state index contributed by atoms with van der Waals surface area (Å²) in [6.07, 6.45) is 7.24. The molecule has 0 heterocycles. The Morgan fingerprint density at radius 2 is 1.89 bits per heavy atom. The monoisotopic (exact) mass is 242 g/mol. The first kappa shape index (κ1) is 14.4. The molecule has 1 atom stereocenters. The fraction of sp³-hybridized carbons (Fsp3) is 0.353. The van der Waals surface area contributed by atoms with Gasteiger partial charge in [0.2, 0.25) is 0 Å². The van der Waals surface area contributed by atoms with Crippen molar-refractivity contribution in [3.8, 4) is 0 Å². The molecule has 1 unspecified atom stereocenters. The minimum atomic E-state index is 0.304. The molecule has 0 spiro atoms. The number of rotatable bonds is 6. The molecular formula is C17H22O. The van der Waals surface area contributed by atoms with Crippen LogP contribution in [0.2, 0.25) is 0 Å². The van der Waals surface area contributed by atoms with Crippen LogP contribution in [0.4, 0.5) is 0 Å². The minimum absolute atomic E-state index is 0.304. The van der Waals surface area contributed by atoms with Gasteiger partial charge in [-0.25, -0.2) is 0 Å². The summed E-state index contributed by atoms with van der Waals surface area (Å²) >= 11 is 0. The Labute approximate surface area is 110 Å². The first-order valence-corrected chi connectivity index (χ1v) is 6.48. The van der Waals surface area contributed by atoms with Crippen molar-refractivity contribution >= 4 is 12.4 Å². The Morgan fingerprint density at radius 3 is 2.44 bits per heavy atom. The lowest BCUT2D eigenvalue weighted by Gasteiger charge is -2.10. The van der Waals surface area contributed by atoms with Crippen molar-refractivity contribution in [3.05, 3.63) is 53.1 Å². The Morgan fingerprint density at radius 1 is 1.22 bits per heavy atom. The summed E-state index contributed by atoms with van der Waals surface area (Å²) < 4.78 is 0. The smallest absolute Gasteiger partial charge is 0.146 e. The fourth-order valence-corrected chi connectivity index (χ4v) is 1.82. The van der Waals surface area contributed by atoms with E-state index in [4.69, 9.17) is 0 Å². The first-order valence-electron chi connectivity index (χ1n) is 6.48. The van der Waals surface area contributed by atoms with Crippen molar-refractivity contribution < 1.29 is 4.79 Å². The molecule has 1 rings (SSSR count). The molecule has 0 aliphatic heterocycles. The average molecular weight is 242 g/mol. The van der Waals surface area contributed by atoms with Gasteiger partial charge in [0, 0.05) is 0 Å². The van der Waals surface area contributed by atoms with E-state index < -0.39 is 0 Å². The third kappa shape index (κ3) is 5.13. The van der Waals surface area contributed by atoms with Crippen molar-refractivity contribution in [2.75, 3.05) is 0 Å². The van der Waals surface area contributed by atoms with Crippen LogP contribution in [0.1, 0.15) is 39.2 Å². The summed E-state index contributed by atoms with van der Waals surface area (Å²) in [6, 6.07) is 10.00. The van der Waals surface area contributed by atoms with Crippen molar-refractivity contribution in [2.24, 2.45) is 5.92 Å². The third-order valence-electron chi connectivity index (χ3n) is 2.99. The molecule has 0 amide bonds. The molecule has 0 N–H and O–H groups in total. The Hall–Kier alpha value is -1.63. The predicted molar refractivity (Wildman–Crippen MR) is 78.3 cm³/mol. The van der Waals surface area contributed by atoms with Gasteiger partial charge in [-0.2, -0.15) is 0 Å². The quantitative estimate of drug-likeness (QED) is 0.403. The van der Waals surface area contributed by atoms with Crippen LogP contribution in [-0.2, 0) is 4.79 Å². The summed E-state index contributed by atoms with van der Waals surface area (Å²) in [6.45, 7) is 6.32. The normalized spacial score (nSPS) is 12.9. The molecule has 0 saturated heterocycles. The van der Waals surface area contributed by atoms with Gasteiger partial charge in [0.15, 0.2) is 0 Å². The lowest BCUT2D eigenvalue weighted by Crippen LogP contribution is -2.00. The fourth-order valence-electron chi connectivity index (χ4n) is 1.82. The number of carbonyl (C=O) groups is 1. The molecule has 1 aromatic rings. The molecule has 96 valence electrons.